The Morgan fingerprint density at radius 3 is 2.10 bits per heavy atom. The zero-order chi connectivity index (χ0) is 14.5. The summed E-state index contributed by atoms with van der Waals surface area (Å²) >= 11 is 0. The minimum Gasteiger partial charge on any atom is -0.457 e. The first-order valence-electron chi connectivity index (χ1n) is 6.97. The zero-order valence-electron chi connectivity index (χ0n) is 11.7. The van der Waals surface area contributed by atoms with E-state index in [1.54, 1.807) is 0 Å². The monoisotopic (exact) mass is 275 g/mol. The minimum atomic E-state index is 0.518. The van der Waals surface area contributed by atoms with Crippen molar-refractivity contribution in [2.24, 2.45) is 5.73 Å². The molecule has 0 atom stereocenters. The molecule has 0 unspecified atom stereocenters. The first kappa shape index (κ1) is 13.4. The second-order valence-electron chi connectivity index (χ2n) is 4.84. The summed E-state index contributed by atoms with van der Waals surface area (Å²) in [4.78, 5) is 0. The maximum absolute atomic E-state index is 5.86. The minimum absolute atomic E-state index is 0.518. The molecular formula is C19H17NO. The molecule has 0 aliphatic heterocycles. The van der Waals surface area contributed by atoms with Crippen LogP contribution in [0.15, 0.2) is 78.9 Å². The normalized spacial score (nSPS) is 10.3. The molecule has 0 aliphatic carbocycles. The SMILES string of the molecule is NCc1cccc(Oc2ccc(-c3ccccc3)cc2)c1. The molecule has 0 aromatic heterocycles. The largest absolute Gasteiger partial charge is 0.457 e. The van der Waals surface area contributed by atoms with Gasteiger partial charge < -0.3 is 10.5 Å². The van der Waals surface area contributed by atoms with E-state index < -0.39 is 0 Å². The second kappa shape index (κ2) is 6.25. The Morgan fingerprint density at radius 2 is 1.38 bits per heavy atom. The highest BCUT2D eigenvalue weighted by Gasteiger charge is 2.00. The summed E-state index contributed by atoms with van der Waals surface area (Å²) in [6, 6.07) is 26.2. The molecule has 2 N–H and O–H groups in total. The molecule has 0 spiro atoms. The number of rotatable bonds is 4. The molecule has 3 aromatic rings. The molecule has 21 heavy (non-hydrogen) atoms. The van der Waals surface area contributed by atoms with Crippen LogP contribution in [0.3, 0.4) is 0 Å². The molecule has 0 heterocycles. The van der Waals surface area contributed by atoms with Gasteiger partial charge in [-0.2, -0.15) is 0 Å². The van der Waals surface area contributed by atoms with Crippen LogP contribution in [-0.2, 0) is 6.54 Å². The van der Waals surface area contributed by atoms with Gasteiger partial charge in [0, 0.05) is 6.54 Å². The van der Waals surface area contributed by atoms with Crippen molar-refractivity contribution in [2.75, 3.05) is 0 Å². The fourth-order valence-corrected chi connectivity index (χ4v) is 2.22. The predicted octanol–water partition coefficient (Wildman–Crippen LogP) is 4.60. The molecule has 2 nitrogen and oxygen atoms in total. The van der Waals surface area contributed by atoms with E-state index in [2.05, 4.69) is 24.3 Å². The molecule has 104 valence electrons. The lowest BCUT2D eigenvalue weighted by molar-refractivity contribution is 0.482. The first-order valence-corrected chi connectivity index (χ1v) is 6.97. The van der Waals surface area contributed by atoms with Crippen molar-refractivity contribution >= 4 is 0 Å². The van der Waals surface area contributed by atoms with Gasteiger partial charge in [-0.15, -0.1) is 0 Å². The van der Waals surface area contributed by atoms with Gasteiger partial charge in [-0.05, 0) is 41.0 Å². The van der Waals surface area contributed by atoms with Crippen LogP contribution in [0.2, 0.25) is 0 Å². The van der Waals surface area contributed by atoms with E-state index in [9.17, 15) is 0 Å². The van der Waals surface area contributed by atoms with E-state index >= 15 is 0 Å². The van der Waals surface area contributed by atoms with E-state index in [1.165, 1.54) is 11.1 Å². The van der Waals surface area contributed by atoms with Crippen LogP contribution in [0, 0.1) is 0 Å². The first-order chi connectivity index (χ1) is 10.3. The van der Waals surface area contributed by atoms with Crippen molar-refractivity contribution in [2.45, 2.75) is 6.54 Å². The van der Waals surface area contributed by atoms with Crippen LogP contribution in [0.25, 0.3) is 11.1 Å². The average molecular weight is 275 g/mol. The summed E-state index contributed by atoms with van der Waals surface area (Å²) < 4.78 is 5.86. The van der Waals surface area contributed by atoms with Gasteiger partial charge in [0.05, 0.1) is 0 Å². The van der Waals surface area contributed by atoms with Gasteiger partial charge in [-0.3, -0.25) is 0 Å². The Morgan fingerprint density at radius 1 is 0.667 bits per heavy atom. The third-order valence-electron chi connectivity index (χ3n) is 3.33. The van der Waals surface area contributed by atoms with E-state index in [1.807, 2.05) is 54.6 Å². The lowest BCUT2D eigenvalue weighted by atomic mass is 10.1. The lowest BCUT2D eigenvalue weighted by Gasteiger charge is -2.08. The summed E-state index contributed by atoms with van der Waals surface area (Å²) in [6.07, 6.45) is 0. The van der Waals surface area contributed by atoms with Crippen molar-refractivity contribution in [3.63, 3.8) is 0 Å². The number of hydrogen-bond acceptors (Lipinski definition) is 2. The van der Waals surface area contributed by atoms with E-state index in [-0.39, 0.29) is 0 Å². The molecule has 2 heteroatoms. The maximum atomic E-state index is 5.86. The molecule has 0 bridgehead atoms. The van der Waals surface area contributed by atoms with Gasteiger partial charge in [-0.1, -0.05) is 54.6 Å². The predicted molar refractivity (Wildman–Crippen MR) is 86.3 cm³/mol. The Balaban J connectivity index is 1.78. The van der Waals surface area contributed by atoms with Gasteiger partial charge in [0.2, 0.25) is 0 Å². The maximum Gasteiger partial charge on any atom is 0.127 e. The van der Waals surface area contributed by atoms with Gasteiger partial charge in [0.1, 0.15) is 11.5 Å². The molecule has 0 saturated carbocycles. The van der Waals surface area contributed by atoms with E-state index in [4.69, 9.17) is 10.5 Å². The van der Waals surface area contributed by atoms with Crippen LogP contribution < -0.4 is 10.5 Å². The van der Waals surface area contributed by atoms with Gasteiger partial charge in [0.25, 0.3) is 0 Å². The van der Waals surface area contributed by atoms with Crippen LogP contribution in [0.1, 0.15) is 5.56 Å². The molecule has 0 saturated heterocycles. The molecule has 3 aromatic carbocycles. The zero-order valence-corrected chi connectivity index (χ0v) is 11.7. The summed E-state index contributed by atoms with van der Waals surface area (Å²) in [6.45, 7) is 0.518. The molecular weight excluding hydrogens is 258 g/mol. The highest BCUT2D eigenvalue weighted by Crippen LogP contribution is 2.26. The topological polar surface area (TPSA) is 35.2 Å². The van der Waals surface area contributed by atoms with E-state index in [0.717, 1.165) is 17.1 Å². The fraction of sp³-hybridized carbons (Fsp3) is 0.0526. The standard InChI is InChI=1S/C19H17NO/c20-14-15-5-4-8-19(13-15)21-18-11-9-17(10-12-18)16-6-2-1-3-7-16/h1-13H,14,20H2. The Bertz CT molecular complexity index is 705. The van der Waals surface area contributed by atoms with Gasteiger partial charge >= 0.3 is 0 Å². The fourth-order valence-electron chi connectivity index (χ4n) is 2.22. The Kier molecular flexibility index (Phi) is 3.99. The van der Waals surface area contributed by atoms with E-state index in [0.29, 0.717) is 6.54 Å². The molecule has 3 rings (SSSR count). The third-order valence-corrected chi connectivity index (χ3v) is 3.33. The Labute approximate surface area is 124 Å². The van der Waals surface area contributed by atoms with Crippen LogP contribution in [0.5, 0.6) is 11.5 Å². The summed E-state index contributed by atoms with van der Waals surface area (Å²) in [5.74, 6) is 1.63. The lowest BCUT2D eigenvalue weighted by Crippen LogP contribution is -1.96. The number of nitrogens with two attached hydrogens (primary N) is 1. The van der Waals surface area contributed by atoms with Crippen molar-refractivity contribution in [3.05, 3.63) is 84.4 Å². The highest BCUT2D eigenvalue weighted by atomic mass is 16.5. The molecule has 0 fully saturated rings. The third kappa shape index (κ3) is 3.30. The second-order valence-corrected chi connectivity index (χ2v) is 4.84. The quantitative estimate of drug-likeness (QED) is 0.755. The summed E-state index contributed by atoms with van der Waals surface area (Å²) in [5, 5.41) is 0. The van der Waals surface area contributed by atoms with Gasteiger partial charge in [0.15, 0.2) is 0 Å². The van der Waals surface area contributed by atoms with Crippen LogP contribution in [0.4, 0.5) is 0 Å². The summed E-state index contributed by atoms with van der Waals surface area (Å²) in [7, 11) is 0. The summed E-state index contributed by atoms with van der Waals surface area (Å²) in [5.41, 5.74) is 9.09. The number of benzene rings is 3. The molecule has 0 aliphatic rings. The van der Waals surface area contributed by atoms with Crippen molar-refractivity contribution < 1.29 is 4.74 Å². The highest BCUT2D eigenvalue weighted by molar-refractivity contribution is 5.64. The van der Waals surface area contributed by atoms with Crippen LogP contribution in [-0.4, -0.2) is 0 Å². The van der Waals surface area contributed by atoms with Crippen molar-refractivity contribution in [1.29, 1.82) is 0 Å². The van der Waals surface area contributed by atoms with Crippen molar-refractivity contribution in [1.82, 2.24) is 0 Å². The molecule has 0 amide bonds. The van der Waals surface area contributed by atoms with Gasteiger partial charge in [-0.25, -0.2) is 0 Å². The van der Waals surface area contributed by atoms with Crippen molar-refractivity contribution in [3.8, 4) is 22.6 Å². The van der Waals surface area contributed by atoms with Crippen LogP contribution >= 0.6 is 0 Å². The number of ether oxygens (including phenoxy) is 1. The molecule has 0 radical (unpaired) electrons. The number of hydrogen-bond donors (Lipinski definition) is 1. The smallest absolute Gasteiger partial charge is 0.127 e. The average Bonchev–Trinajstić information content (AvgIpc) is 2.56. The Hall–Kier alpha value is -2.58.